The van der Waals surface area contributed by atoms with E-state index in [1.54, 1.807) is 29.3 Å². The van der Waals surface area contributed by atoms with Crippen molar-refractivity contribution in [2.24, 2.45) is 0 Å². The molecule has 1 aliphatic heterocycles. The number of carboxylic acid groups (broad SMARTS) is 1. The zero-order chi connectivity index (χ0) is 18.5. The zero-order valence-electron chi connectivity index (χ0n) is 14.4. The third-order valence-electron chi connectivity index (χ3n) is 4.67. The first-order valence-electron chi connectivity index (χ1n) is 8.73. The number of halogens is 1. The number of aliphatic carboxylic acids is 1. The van der Waals surface area contributed by atoms with Crippen LogP contribution in [0.4, 0.5) is 0 Å². The van der Waals surface area contributed by atoms with E-state index in [9.17, 15) is 9.59 Å². The summed E-state index contributed by atoms with van der Waals surface area (Å²) in [6, 6.07) is 7.05. The molecule has 1 unspecified atom stereocenters. The Balaban J connectivity index is 1.68. The minimum Gasteiger partial charge on any atom is -0.481 e. The van der Waals surface area contributed by atoms with Gasteiger partial charge in [-0.3, -0.25) is 14.6 Å². The number of hydrogen-bond acceptors (Lipinski definition) is 4. The zero-order valence-corrected chi connectivity index (χ0v) is 15.1. The normalized spacial score (nSPS) is 17.3. The van der Waals surface area contributed by atoms with Crippen LogP contribution in [0.2, 0.25) is 5.02 Å². The second-order valence-corrected chi connectivity index (χ2v) is 6.81. The highest BCUT2D eigenvalue weighted by Crippen LogP contribution is 2.30. The molecule has 1 aromatic heterocycles. The van der Waals surface area contributed by atoms with Gasteiger partial charge in [-0.2, -0.15) is 0 Å². The highest BCUT2D eigenvalue weighted by Gasteiger charge is 2.27. The van der Waals surface area contributed by atoms with E-state index in [-0.39, 0.29) is 25.0 Å². The first-order chi connectivity index (χ1) is 12.6. The van der Waals surface area contributed by atoms with Crippen molar-refractivity contribution in [1.29, 1.82) is 0 Å². The number of carbonyl (C=O) groups excluding carboxylic acids is 1. The summed E-state index contributed by atoms with van der Waals surface area (Å²) >= 11 is 6.17. The van der Waals surface area contributed by atoms with Gasteiger partial charge in [0.25, 0.3) is 5.91 Å². The molecule has 2 aromatic rings. The summed E-state index contributed by atoms with van der Waals surface area (Å²) in [4.78, 5) is 29.5. The van der Waals surface area contributed by atoms with Gasteiger partial charge in [0.05, 0.1) is 5.02 Å². The topological polar surface area (TPSA) is 79.7 Å². The minimum atomic E-state index is -0.835. The monoisotopic (exact) mass is 376 g/mol. The van der Waals surface area contributed by atoms with Crippen LogP contribution in [0.3, 0.4) is 0 Å². The van der Waals surface area contributed by atoms with Gasteiger partial charge in [-0.1, -0.05) is 11.6 Å². The van der Waals surface area contributed by atoms with Gasteiger partial charge >= 0.3 is 5.97 Å². The summed E-state index contributed by atoms with van der Waals surface area (Å²) in [7, 11) is 0. The summed E-state index contributed by atoms with van der Waals surface area (Å²) in [5.74, 6) is -0.450. The maximum Gasteiger partial charge on any atom is 0.303 e. The molecule has 1 N–H and O–H groups in total. The fraction of sp³-hybridized carbons (Fsp3) is 0.421. The molecule has 1 amide bonds. The number of ether oxygens (including phenoxy) is 1. The molecular formula is C19H21ClN2O4. The van der Waals surface area contributed by atoms with Crippen LogP contribution in [0.15, 0.2) is 30.5 Å². The molecule has 6 nitrogen and oxygen atoms in total. The number of aromatic nitrogens is 1. The van der Waals surface area contributed by atoms with Crippen LogP contribution in [0.5, 0.6) is 5.75 Å². The van der Waals surface area contributed by atoms with Gasteiger partial charge in [-0.25, -0.2) is 0 Å². The quantitative estimate of drug-likeness (QED) is 0.834. The van der Waals surface area contributed by atoms with Crippen molar-refractivity contribution in [2.45, 2.75) is 38.1 Å². The number of benzene rings is 1. The molecule has 1 fully saturated rings. The molecule has 26 heavy (non-hydrogen) atoms. The standard InChI is InChI=1S/C19H21ClN2O4/c20-15-7-8-16(19-14(15)5-3-10-21-19)26-12-17(23)22-11-2-1-4-13(22)6-9-18(24)25/h3,5,7-8,10,13H,1-2,4,6,9,11-12H2,(H,24,25). The predicted octanol–water partition coefficient (Wildman–Crippen LogP) is 3.51. The van der Waals surface area contributed by atoms with Crippen LogP contribution in [-0.2, 0) is 9.59 Å². The number of piperidine rings is 1. The highest BCUT2D eigenvalue weighted by atomic mass is 35.5. The van der Waals surface area contributed by atoms with E-state index < -0.39 is 5.97 Å². The van der Waals surface area contributed by atoms with E-state index in [1.807, 2.05) is 6.07 Å². The second kappa shape index (κ2) is 8.36. The molecule has 0 radical (unpaired) electrons. The maximum atomic E-state index is 12.6. The fourth-order valence-electron chi connectivity index (χ4n) is 3.37. The lowest BCUT2D eigenvalue weighted by atomic mass is 9.98. The van der Waals surface area contributed by atoms with Gasteiger partial charge in [0.2, 0.25) is 0 Å². The van der Waals surface area contributed by atoms with E-state index >= 15 is 0 Å². The Hall–Kier alpha value is -2.34. The van der Waals surface area contributed by atoms with Crippen molar-refractivity contribution in [3.63, 3.8) is 0 Å². The van der Waals surface area contributed by atoms with E-state index in [2.05, 4.69) is 4.98 Å². The number of hydrogen-bond donors (Lipinski definition) is 1. The minimum absolute atomic E-state index is 0.0314. The number of fused-ring (bicyclic) bond motifs is 1. The van der Waals surface area contributed by atoms with E-state index in [1.165, 1.54) is 0 Å². The number of rotatable bonds is 6. The summed E-state index contributed by atoms with van der Waals surface area (Å²) in [5.41, 5.74) is 0.619. The molecule has 3 rings (SSSR count). The van der Waals surface area contributed by atoms with Crippen LogP contribution in [0, 0.1) is 0 Å². The Morgan fingerprint density at radius 2 is 2.15 bits per heavy atom. The average molecular weight is 377 g/mol. The summed E-state index contributed by atoms with van der Waals surface area (Å²) in [5, 5.41) is 10.3. The van der Waals surface area contributed by atoms with Crippen LogP contribution >= 0.6 is 11.6 Å². The van der Waals surface area contributed by atoms with Crippen LogP contribution < -0.4 is 4.74 Å². The van der Waals surface area contributed by atoms with Crippen molar-refractivity contribution in [3.05, 3.63) is 35.5 Å². The molecule has 138 valence electrons. The molecule has 0 bridgehead atoms. The van der Waals surface area contributed by atoms with E-state index in [0.29, 0.717) is 29.3 Å². The third kappa shape index (κ3) is 4.25. The summed E-state index contributed by atoms with van der Waals surface area (Å²) in [6.45, 7) is 0.545. The van der Waals surface area contributed by atoms with Crippen molar-refractivity contribution in [1.82, 2.24) is 9.88 Å². The molecule has 2 heterocycles. The lowest BCUT2D eigenvalue weighted by Gasteiger charge is -2.35. The van der Waals surface area contributed by atoms with Gasteiger partial charge < -0.3 is 14.7 Å². The second-order valence-electron chi connectivity index (χ2n) is 6.40. The highest BCUT2D eigenvalue weighted by molar-refractivity contribution is 6.35. The van der Waals surface area contributed by atoms with Crippen molar-refractivity contribution >= 4 is 34.4 Å². The van der Waals surface area contributed by atoms with Gasteiger partial charge in [0.15, 0.2) is 6.61 Å². The average Bonchev–Trinajstić information content (AvgIpc) is 2.66. The van der Waals surface area contributed by atoms with E-state index in [0.717, 1.165) is 24.6 Å². The molecule has 1 aromatic carbocycles. The Morgan fingerprint density at radius 3 is 2.96 bits per heavy atom. The van der Waals surface area contributed by atoms with Crippen molar-refractivity contribution in [2.75, 3.05) is 13.2 Å². The number of likely N-dealkylation sites (tertiary alicyclic amines) is 1. The fourth-order valence-corrected chi connectivity index (χ4v) is 3.59. The number of carbonyl (C=O) groups is 2. The Labute approximate surface area is 156 Å². The molecule has 7 heteroatoms. The molecule has 0 spiro atoms. The van der Waals surface area contributed by atoms with Gasteiger partial charge in [-0.05, 0) is 49.9 Å². The number of amides is 1. The number of pyridine rings is 1. The first-order valence-corrected chi connectivity index (χ1v) is 9.11. The van der Waals surface area contributed by atoms with Crippen LogP contribution in [0.1, 0.15) is 32.1 Å². The summed E-state index contributed by atoms with van der Waals surface area (Å²) in [6.07, 6.45) is 4.99. The van der Waals surface area contributed by atoms with Crippen molar-refractivity contribution < 1.29 is 19.4 Å². The lowest BCUT2D eigenvalue weighted by molar-refractivity contribution is -0.141. The maximum absolute atomic E-state index is 12.6. The van der Waals surface area contributed by atoms with Gasteiger partial charge in [-0.15, -0.1) is 0 Å². The Morgan fingerprint density at radius 1 is 1.31 bits per heavy atom. The Bertz CT molecular complexity index is 811. The third-order valence-corrected chi connectivity index (χ3v) is 5.00. The smallest absolute Gasteiger partial charge is 0.303 e. The van der Waals surface area contributed by atoms with E-state index in [4.69, 9.17) is 21.4 Å². The molecule has 1 saturated heterocycles. The predicted molar refractivity (Wildman–Crippen MR) is 98.5 cm³/mol. The SMILES string of the molecule is O=C(O)CCC1CCCCN1C(=O)COc1ccc(Cl)c2cccnc12. The number of nitrogens with zero attached hydrogens (tertiary/aromatic N) is 2. The lowest BCUT2D eigenvalue weighted by Crippen LogP contribution is -2.46. The van der Waals surface area contributed by atoms with Crippen LogP contribution in [0.25, 0.3) is 10.9 Å². The molecular weight excluding hydrogens is 356 g/mol. The Kier molecular flexibility index (Phi) is 5.93. The molecule has 1 atom stereocenters. The summed E-state index contributed by atoms with van der Waals surface area (Å²) < 4.78 is 5.73. The molecule has 1 aliphatic rings. The number of carboxylic acids is 1. The molecule has 0 aliphatic carbocycles. The van der Waals surface area contributed by atoms with Gasteiger partial charge in [0, 0.05) is 30.6 Å². The van der Waals surface area contributed by atoms with Gasteiger partial charge in [0.1, 0.15) is 11.3 Å². The first kappa shape index (κ1) is 18.5. The largest absolute Gasteiger partial charge is 0.481 e. The van der Waals surface area contributed by atoms with Crippen molar-refractivity contribution in [3.8, 4) is 5.75 Å². The van der Waals surface area contributed by atoms with Crippen LogP contribution in [-0.4, -0.2) is 46.1 Å². The molecule has 0 saturated carbocycles.